The number of amides is 1. The maximum atomic E-state index is 13.5. The molecule has 0 aromatic rings. The molecular formula is C61H103N2O7P. The van der Waals surface area contributed by atoms with Crippen LogP contribution in [0.15, 0.2) is 122 Å². The second-order valence-corrected chi connectivity index (χ2v) is 20.9. The van der Waals surface area contributed by atoms with Gasteiger partial charge in [-0.1, -0.05) is 226 Å². The minimum Gasteiger partial charge on any atom is -0.756 e. The number of likely N-dealkylation sites (N-methyl/N-ethyl adjacent to an activating group) is 1. The quantitative estimate of drug-likeness (QED) is 0.0161. The highest BCUT2D eigenvalue weighted by Crippen LogP contribution is 2.38. The van der Waals surface area contributed by atoms with Crippen LogP contribution >= 0.6 is 7.82 Å². The van der Waals surface area contributed by atoms with Crippen LogP contribution in [0.5, 0.6) is 0 Å². The summed E-state index contributed by atoms with van der Waals surface area (Å²) in [6.07, 6.45) is 68.7. The molecule has 0 aliphatic rings. The van der Waals surface area contributed by atoms with Crippen LogP contribution in [-0.4, -0.2) is 69.4 Å². The Kier molecular flexibility index (Phi) is 47.4. The normalized spacial score (nSPS) is 14.7. The number of nitrogens with one attached hydrogen (secondary N) is 1. The lowest BCUT2D eigenvalue weighted by atomic mass is 10.0. The van der Waals surface area contributed by atoms with Crippen molar-refractivity contribution in [2.45, 2.75) is 213 Å². The van der Waals surface area contributed by atoms with Crippen molar-refractivity contribution in [2.75, 3.05) is 40.9 Å². The van der Waals surface area contributed by atoms with Crippen LogP contribution in [0.25, 0.3) is 0 Å². The molecule has 71 heavy (non-hydrogen) atoms. The van der Waals surface area contributed by atoms with E-state index in [1.54, 1.807) is 6.08 Å². The van der Waals surface area contributed by atoms with E-state index in [1.807, 2.05) is 88.0 Å². The van der Waals surface area contributed by atoms with Crippen molar-refractivity contribution in [3.05, 3.63) is 122 Å². The summed E-state index contributed by atoms with van der Waals surface area (Å²) >= 11 is 0. The minimum absolute atomic E-state index is 0.0398. The topological polar surface area (TPSA) is 114 Å². The number of unbranched alkanes of at least 4 members (excludes halogenated alkanes) is 19. The fourth-order valence-electron chi connectivity index (χ4n) is 7.27. The van der Waals surface area contributed by atoms with E-state index >= 15 is 0 Å². The van der Waals surface area contributed by atoms with Gasteiger partial charge in [0.05, 0.1) is 33.8 Å². The Morgan fingerprint density at radius 3 is 1.54 bits per heavy atom. The number of hydrogen-bond donors (Lipinski definition) is 1. The highest BCUT2D eigenvalue weighted by molar-refractivity contribution is 7.45. The zero-order valence-corrected chi connectivity index (χ0v) is 46.8. The number of phosphoric acid groups is 1. The molecule has 0 bridgehead atoms. The van der Waals surface area contributed by atoms with Crippen LogP contribution in [0.2, 0.25) is 0 Å². The first kappa shape index (κ1) is 67.4. The van der Waals surface area contributed by atoms with Gasteiger partial charge in [0.15, 0.2) is 0 Å². The standard InChI is InChI=1S/C61H103N2O7P/c1-7-10-13-16-19-22-25-28-30-32-34-36-39-42-45-48-51-54-61(65)70-59(52-49-46-43-40-37-27-24-21-18-15-12-9-3)58(57-69-71(66,67)68-56-55-63(4,5)6)62-60(64)53-50-47-44-41-38-35-33-31-29-26-23-20-17-14-11-8-2/h10-11,13-14,16,19-20,22-23,25,28-32,34,36,39,49,52,58-59H,7-9,12,15,17-18,21,24,26-27,33,35,37-38,40-48,50-51,53-57H2,1-6H3,(H-,62,64,66,67)/b13-10-,14-11+,19-16+,23-20+,25-22+,30-28-,31-29+,34-32+,39-36+,52-49+. The summed E-state index contributed by atoms with van der Waals surface area (Å²) in [7, 11) is 1.13. The molecule has 0 heterocycles. The molecule has 0 saturated heterocycles. The molecule has 0 radical (unpaired) electrons. The molecule has 10 heteroatoms. The summed E-state index contributed by atoms with van der Waals surface area (Å²) < 4.78 is 30.2. The summed E-state index contributed by atoms with van der Waals surface area (Å²) in [5.74, 6) is -0.619. The Balaban J connectivity index is 5.50. The van der Waals surface area contributed by atoms with Crippen LogP contribution in [-0.2, 0) is 27.9 Å². The first-order chi connectivity index (χ1) is 34.4. The second kappa shape index (κ2) is 50.0. The number of phosphoric ester groups is 1. The predicted molar refractivity (Wildman–Crippen MR) is 302 cm³/mol. The number of rotatable bonds is 48. The van der Waals surface area contributed by atoms with Crippen LogP contribution in [0.4, 0.5) is 0 Å². The number of ether oxygens (including phenoxy) is 1. The van der Waals surface area contributed by atoms with Crippen molar-refractivity contribution in [1.29, 1.82) is 0 Å². The van der Waals surface area contributed by atoms with E-state index in [9.17, 15) is 19.0 Å². The maximum Gasteiger partial charge on any atom is 0.306 e. The van der Waals surface area contributed by atoms with Crippen LogP contribution in [0, 0.1) is 0 Å². The summed E-state index contributed by atoms with van der Waals surface area (Å²) in [6, 6.07) is -0.921. The van der Waals surface area contributed by atoms with Gasteiger partial charge in [-0.25, -0.2) is 0 Å². The SMILES string of the molecule is CC\C=C/C=C/C=C/C=C\C=C\C=C\CCCCCC(=O)OC(/C=C/CCCCCCCCCCCC)C(COP(=O)([O-])OCC[N+](C)(C)C)NC(=O)CCCCCCCC/C=C/C/C=C/C/C=C/CC. The van der Waals surface area contributed by atoms with E-state index in [2.05, 4.69) is 74.7 Å². The van der Waals surface area contributed by atoms with Gasteiger partial charge in [0.25, 0.3) is 7.82 Å². The van der Waals surface area contributed by atoms with Crippen LogP contribution in [0.3, 0.4) is 0 Å². The Morgan fingerprint density at radius 1 is 0.521 bits per heavy atom. The average Bonchev–Trinajstić information content (AvgIpc) is 3.33. The monoisotopic (exact) mass is 1010 g/mol. The fraction of sp³-hybridized carbons (Fsp3) is 0.639. The van der Waals surface area contributed by atoms with E-state index < -0.39 is 32.5 Å². The zero-order chi connectivity index (χ0) is 52.2. The molecule has 0 fully saturated rings. The molecule has 0 aliphatic carbocycles. The fourth-order valence-corrected chi connectivity index (χ4v) is 7.99. The molecule has 3 unspecified atom stereocenters. The van der Waals surface area contributed by atoms with E-state index in [4.69, 9.17) is 13.8 Å². The Hall–Kier alpha value is -3.59. The van der Waals surface area contributed by atoms with Gasteiger partial charge >= 0.3 is 5.97 Å². The highest BCUT2D eigenvalue weighted by Gasteiger charge is 2.27. The summed E-state index contributed by atoms with van der Waals surface area (Å²) in [5.41, 5.74) is 0. The third kappa shape index (κ3) is 51.1. The third-order valence-electron chi connectivity index (χ3n) is 11.5. The maximum absolute atomic E-state index is 13.5. The van der Waals surface area contributed by atoms with E-state index in [-0.39, 0.29) is 25.4 Å². The zero-order valence-electron chi connectivity index (χ0n) is 45.9. The molecular weight excluding hydrogens is 904 g/mol. The molecule has 0 aromatic carbocycles. The van der Waals surface area contributed by atoms with Crippen molar-refractivity contribution in [2.24, 2.45) is 0 Å². The first-order valence-electron chi connectivity index (χ1n) is 27.9. The number of hydrogen-bond acceptors (Lipinski definition) is 7. The number of esters is 1. The smallest absolute Gasteiger partial charge is 0.306 e. The lowest BCUT2D eigenvalue weighted by Gasteiger charge is -2.30. The van der Waals surface area contributed by atoms with Gasteiger partial charge in [-0.15, -0.1) is 0 Å². The molecule has 1 amide bonds. The first-order valence-corrected chi connectivity index (χ1v) is 29.4. The lowest BCUT2D eigenvalue weighted by Crippen LogP contribution is -2.47. The van der Waals surface area contributed by atoms with Gasteiger partial charge < -0.3 is 28.5 Å². The number of carbonyl (C=O) groups is 2. The molecule has 0 rings (SSSR count). The molecule has 0 saturated carbocycles. The number of allylic oxidation sites excluding steroid dienone is 19. The van der Waals surface area contributed by atoms with E-state index in [0.717, 1.165) is 103 Å². The van der Waals surface area contributed by atoms with Gasteiger partial charge in [0.2, 0.25) is 5.91 Å². The minimum atomic E-state index is -4.72. The van der Waals surface area contributed by atoms with Gasteiger partial charge in [-0.2, -0.15) is 0 Å². The molecule has 0 aromatic heterocycles. The molecule has 9 nitrogen and oxygen atoms in total. The third-order valence-corrected chi connectivity index (χ3v) is 12.5. The van der Waals surface area contributed by atoms with Crippen molar-refractivity contribution in [1.82, 2.24) is 5.32 Å². The van der Waals surface area contributed by atoms with Crippen molar-refractivity contribution in [3.8, 4) is 0 Å². The summed E-state index contributed by atoms with van der Waals surface area (Å²) in [6.45, 7) is 6.51. The lowest BCUT2D eigenvalue weighted by molar-refractivity contribution is -0.870. The van der Waals surface area contributed by atoms with Gasteiger partial charge in [-0.05, 0) is 83.1 Å². The molecule has 404 valence electrons. The van der Waals surface area contributed by atoms with Crippen LogP contribution in [0.1, 0.15) is 201 Å². The number of nitrogens with zero attached hydrogens (tertiary/aromatic N) is 1. The van der Waals surface area contributed by atoms with Crippen LogP contribution < -0.4 is 10.2 Å². The summed E-state index contributed by atoms with van der Waals surface area (Å²) in [5, 5.41) is 2.99. The van der Waals surface area contributed by atoms with Crippen molar-refractivity contribution < 1.29 is 37.3 Å². The van der Waals surface area contributed by atoms with E-state index in [1.165, 1.54) is 51.4 Å². The van der Waals surface area contributed by atoms with Gasteiger partial charge in [0, 0.05) is 12.8 Å². The summed E-state index contributed by atoms with van der Waals surface area (Å²) in [4.78, 5) is 39.8. The van der Waals surface area contributed by atoms with Gasteiger partial charge in [-0.3, -0.25) is 14.2 Å². The Bertz CT molecular complexity index is 1630. The highest BCUT2D eigenvalue weighted by atomic mass is 31.2. The van der Waals surface area contributed by atoms with Crippen molar-refractivity contribution >= 4 is 19.7 Å². The molecule has 3 atom stereocenters. The molecule has 0 spiro atoms. The molecule has 0 aliphatic heterocycles. The van der Waals surface area contributed by atoms with Crippen molar-refractivity contribution in [3.63, 3.8) is 0 Å². The number of carbonyl (C=O) groups excluding carboxylic acids is 2. The number of quaternary nitrogens is 1. The Labute approximate surface area is 435 Å². The second-order valence-electron chi connectivity index (χ2n) is 19.5. The Morgan fingerprint density at radius 2 is 0.972 bits per heavy atom. The van der Waals surface area contributed by atoms with E-state index in [0.29, 0.717) is 23.9 Å². The predicted octanol–water partition coefficient (Wildman–Crippen LogP) is 16.1. The average molecular weight is 1010 g/mol. The molecule has 1 N–H and O–H groups in total. The van der Waals surface area contributed by atoms with Gasteiger partial charge in [0.1, 0.15) is 19.3 Å². The largest absolute Gasteiger partial charge is 0.756 e.